The molecular weight excluding hydrogens is 678 g/mol. The van der Waals surface area contributed by atoms with Gasteiger partial charge >= 0.3 is 12.4 Å². The van der Waals surface area contributed by atoms with Crippen LogP contribution < -0.4 is 10.7 Å². The van der Waals surface area contributed by atoms with E-state index in [-0.39, 0.29) is 33.8 Å². The van der Waals surface area contributed by atoms with Crippen molar-refractivity contribution in [1.29, 1.82) is 10.5 Å². The number of nitrogens with zero attached hydrogens (tertiary/aromatic N) is 4. The van der Waals surface area contributed by atoms with E-state index in [2.05, 4.69) is 9.98 Å². The molecule has 1 aliphatic rings. The van der Waals surface area contributed by atoms with E-state index in [1.165, 1.54) is 24.3 Å². The number of hydrogen-bond acceptors (Lipinski definition) is 4. The first-order chi connectivity index (χ1) is 23.6. The third kappa shape index (κ3) is 5.06. The van der Waals surface area contributed by atoms with Crippen molar-refractivity contribution in [2.45, 2.75) is 24.7 Å². The van der Waals surface area contributed by atoms with E-state index in [0.29, 0.717) is 67.7 Å². The van der Waals surface area contributed by atoms with Gasteiger partial charge in [-0.1, -0.05) is 24.3 Å². The van der Waals surface area contributed by atoms with Gasteiger partial charge in [0.05, 0.1) is 21.8 Å². The molecule has 0 spiro atoms. The number of fused-ring (bicyclic) bond motifs is 6. The lowest BCUT2D eigenvalue weighted by Crippen LogP contribution is -2.16. The monoisotopic (exact) mass is 692 g/mol. The molecule has 0 heterocycles. The number of rotatable bonds is 2. The molecular formula is C36H14F10N4. The molecule has 0 saturated heterocycles. The molecule has 1 aliphatic carbocycles. The van der Waals surface area contributed by atoms with Crippen molar-refractivity contribution in [1.82, 2.24) is 0 Å². The Morgan fingerprint density at radius 1 is 0.600 bits per heavy atom. The van der Waals surface area contributed by atoms with Crippen molar-refractivity contribution in [3.63, 3.8) is 0 Å². The van der Waals surface area contributed by atoms with Crippen LogP contribution in [0.4, 0.5) is 43.9 Å². The maximum atomic E-state index is 14.3. The summed E-state index contributed by atoms with van der Waals surface area (Å²) in [6, 6.07) is 9.93. The Morgan fingerprint density at radius 2 is 1.18 bits per heavy atom. The fraction of sp³-hybridized carbons (Fsp3) is 0.111. The summed E-state index contributed by atoms with van der Waals surface area (Å²) < 4.78 is 137. The minimum atomic E-state index is -5.17. The maximum absolute atomic E-state index is 14.3. The number of allylic oxidation sites excluding steroid dienone is 1. The molecule has 0 aliphatic heterocycles. The van der Waals surface area contributed by atoms with Crippen molar-refractivity contribution in [3.05, 3.63) is 122 Å². The Hall–Kier alpha value is -6.02. The van der Waals surface area contributed by atoms with Gasteiger partial charge in [-0.25, -0.2) is 17.6 Å². The van der Waals surface area contributed by atoms with E-state index in [9.17, 15) is 54.4 Å². The van der Waals surface area contributed by atoms with Crippen LogP contribution in [0.25, 0.3) is 49.5 Å². The van der Waals surface area contributed by atoms with Gasteiger partial charge in [-0.3, -0.25) is 0 Å². The third-order valence-electron chi connectivity index (χ3n) is 8.83. The van der Waals surface area contributed by atoms with Crippen LogP contribution in [0.5, 0.6) is 0 Å². The van der Waals surface area contributed by atoms with E-state index in [1.54, 1.807) is 30.6 Å². The average molecular weight is 693 g/mol. The number of nitriles is 2. The molecule has 0 bridgehead atoms. The summed E-state index contributed by atoms with van der Waals surface area (Å²) in [5.41, 5.74) is -2.90. The van der Waals surface area contributed by atoms with Crippen LogP contribution >= 0.6 is 0 Å². The summed E-state index contributed by atoms with van der Waals surface area (Å²) in [4.78, 5) is 7.89. The van der Waals surface area contributed by atoms with Crippen LogP contribution in [0.2, 0.25) is 0 Å². The number of halogens is 10. The Bertz CT molecular complexity index is 2680. The number of hydrogen-bond donors (Lipinski definition) is 0. The summed E-state index contributed by atoms with van der Waals surface area (Å²) in [5, 5.41) is 22.0. The lowest BCUT2D eigenvalue weighted by Gasteiger charge is -2.20. The molecule has 50 heavy (non-hydrogen) atoms. The van der Waals surface area contributed by atoms with Gasteiger partial charge in [-0.2, -0.15) is 46.9 Å². The highest BCUT2D eigenvalue weighted by Gasteiger charge is 2.38. The molecule has 14 heteroatoms. The SMILES string of the molecule is N#CN=c1c2c(c3cc4c(cc13)c(=NC#N)c1cc(-c3cc(F)c(F)c(C(F)(F)F)c3)ccc14)C=CC(c1cc(F)c(F)c(C(F)(F)F)c1)C2. The largest absolute Gasteiger partial charge is 0.419 e. The molecule has 0 fully saturated rings. The van der Waals surface area contributed by atoms with E-state index in [0.717, 1.165) is 0 Å². The third-order valence-corrected chi connectivity index (χ3v) is 8.83. The van der Waals surface area contributed by atoms with Gasteiger partial charge in [0.15, 0.2) is 23.3 Å². The Balaban J connectivity index is 1.43. The van der Waals surface area contributed by atoms with Gasteiger partial charge in [0.1, 0.15) is 0 Å². The minimum Gasteiger partial charge on any atom is -0.204 e. The first-order valence-corrected chi connectivity index (χ1v) is 14.4. The molecule has 7 rings (SSSR count). The zero-order valence-corrected chi connectivity index (χ0v) is 24.7. The van der Waals surface area contributed by atoms with E-state index in [1.807, 2.05) is 0 Å². The summed E-state index contributed by atoms with van der Waals surface area (Å²) in [6.07, 6.45) is -3.86. The van der Waals surface area contributed by atoms with Crippen LogP contribution in [0, 0.1) is 46.2 Å². The maximum Gasteiger partial charge on any atom is 0.419 e. The minimum absolute atomic E-state index is 0.0265. The molecule has 0 N–H and O–H groups in total. The molecule has 0 amide bonds. The van der Waals surface area contributed by atoms with Gasteiger partial charge in [0, 0.05) is 22.1 Å². The first-order valence-electron chi connectivity index (χ1n) is 14.4. The lowest BCUT2D eigenvalue weighted by atomic mass is 9.85. The van der Waals surface area contributed by atoms with Gasteiger partial charge in [-0.05, 0) is 92.9 Å². The highest BCUT2D eigenvalue weighted by atomic mass is 19.4. The van der Waals surface area contributed by atoms with Crippen LogP contribution in [-0.4, -0.2) is 0 Å². The van der Waals surface area contributed by atoms with E-state index in [4.69, 9.17) is 0 Å². The quantitative estimate of drug-likeness (QED) is 0.134. The van der Waals surface area contributed by atoms with Crippen LogP contribution in [-0.2, 0) is 18.8 Å². The summed E-state index contributed by atoms with van der Waals surface area (Å²) >= 11 is 0. The number of alkyl halides is 6. The Morgan fingerprint density at radius 3 is 1.84 bits per heavy atom. The number of benzene rings is 4. The van der Waals surface area contributed by atoms with Crippen LogP contribution in [0.1, 0.15) is 33.7 Å². The predicted octanol–water partition coefficient (Wildman–Crippen LogP) is 9.40. The highest BCUT2D eigenvalue weighted by Crippen LogP contribution is 2.41. The van der Waals surface area contributed by atoms with E-state index < -0.39 is 52.7 Å². The zero-order valence-electron chi connectivity index (χ0n) is 24.7. The van der Waals surface area contributed by atoms with Crippen LogP contribution in [0.3, 0.4) is 0 Å². The average Bonchev–Trinajstić information content (AvgIpc) is 3.52. The van der Waals surface area contributed by atoms with Gasteiger partial charge in [-0.15, -0.1) is 0 Å². The molecule has 1 unspecified atom stereocenters. The summed E-state index contributed by atoms with van der Waals surface area (Å²) in [5.74, 6) is -8.29. The molecule has 1 atom stereocenters. The summed E-state index contributed by atoms with van der Waals surface area (Å²) in [7, 11) is 0. The smallest absolute Gasteiger partial charge is 0.204 e. The Labute approximate surface area is 273 Å². The van der Waals surface area contributed by atoms with Crippen molar-refractivity contribution >= 4 is 38.4 Å². The molecule has 248 valence electrons. The standard InChI is InChI=1S/C36H14F10N4/c37-29-9-17(7-27(31(29)39)35(41,42)43)15-1-3-19-21-11-22-20-4-2-16(18-8-28(36(44,45)46)32(40)30(38)10-18)6-24(20)34(50-14-48)26(22)12-25(21)33(49-13-47)23(19)5-15/h1-5,7-12,16H,6H2. The lowest BCUT2D eigenvalue weighted by molar-refractivity contribution is -0.141. The summed E-state index contributed by atoms with van der Waals surface area (Å²) in [6.45, 7) is 0. The molecule has 6 aromatic rings. The topological polar surface area (TPSA) is 72.3 Å². The predicted molar refractivity (Wildman–Crippen MR) is 161 cm³/mol. The molecule has 0 saturated carbocycles. The van der Waals surface area contributed by atoms with Gasteiger partial charge in [0.2, 0.25) is 12.4 Å². The second-order valence-electron chi connectivity index (χ2n) is 11.6. The van der Waals surface area contributed by atoms with Gasteiger partial charge in [0.25, 0.3) is 0 Å². The van der Waals surface area contributed by atoms with Crippen molar-refractivity contribution in [2.75, 3.05) is 0 Å². The molecule has 4 nitrogen and oxygen atoms in total. The second-order valence-corrected chi connectivity index (χ2v) is 11.6. The van der Waals surface area contributed by atoms with Crippen LogP contribution in [0.15, 0.2) is 70.7 Å². The van der Waals surface area contributed by atoms with Gasteiger partial charge < -0.3 is 0 Å². The highest BCUT2D eigenvalue weighted by molar-refractivity contribution is 6.17. The van der Waals surface area contributed by atoms with E-state index >= 15 is 0 Å². The van der Waals surface area contributed by atoms with Crippen molar-refractivity contribution in [2.24, 2.45) is 9.98 Å². The van der Waals surface area contributed by atoms with Crippen molar-refractivity contribution in [3.8, 4) is 23.5 Å². The molecule has 0 radical (unpaired) electrons. The Kier molecular flexibility index (Phi) is 7.33. The zero-order chi connectivity index (χ0) is 35.9. The molecule has 0 aromatic heterocycles. The van der Waals surface area contributed by atoms with Crippen molar-refractivity contribution < 1.29 is 43.9 Å². The normalized spacial score (nSPS) is 15.6. The molecule has 6 aromatic carbocycles. The second kappa shape index (κ2) is 11.3. The fourth-order valence-electron chi connectivity index (χ4n) is 6.66. The fourth-order valence-corrected chi connectivity index (χ4v) is 6.66. The first kappa shape index (κ1) is 32.5.